The van der Waals surface area contributed by atoms with Gasteiger partial charge in [-0.2, -0.15) is 5.26 Å². The zero-order valence-electron chi connectivity index (χ0n) is 17.9. The predicted octanol–water partition coefficient (Wildman–Crippen LogP) is 4.34. The van der Waals surface area contributed by atoms with E-state index in [0.29, 0.717) is 16.9 Å². The summed E-state index contributed by atoms with van der Waals surface area (Å²) in [6.07, 6.45) is 1.42. The quantitative estimate of drug-likeness (QED) is 0.323. The van der Waals surface area contributed by atoms with Crippen LogP contribution in [-0.4, -0.2) is 24.4 Å². The molecule has 2 amide bonds. The Hall–Kier alpha value is -4.70. The minimum Gasteiger partial charge on any atom is -0.452 e. The molecule has 3 aromatic rings. The molecule has 0 unspecified atom stereocenters. The summed E-state index contributed by atoms with van der Waals surface area (Å²) in [7, 11) is 0. The van der Waals surface area contributed by atoms with Gasteiger partial charge in [-0.3, -0.25) is 9.59 Å². The van der Waals surface area contributed by atoms with Gasteiger partial charge < -0.3 is 15.4 Å². The van der Waals surface area contributed by atoms with Gasteiger partial charge in [-0.1, -0.05) is 48.0 Å². The average molecular weight is 439 g/mol. The smallest absolute Gasteiger partial charge is 0.338 e. The van der Waals surface area contributed by atoms with Crippen molar-refractivity contribution >= 4 is 35.2 Å². The number of carbonyl (C=O) groups is 3. The van der Waals surface area contributed by atoms with Crippen LogP contribution in [-0.2, 0) is 14.3 Å². The SMILES string of the molecule is Cc1ccc(NC(=O)COC(=O)c2ccc(/C=C(/C#N)C(=O)Nc3ccccc3)cc2)cc1. The van der Waals surface area contributed by atoms with Crippen molar-refractivity contribution in [2.45, 2.75) is 6.92 Å². The van der Waals surface area contributed by atoms with Crippen LogP contribution in [0.5, 0.6) is 0 Å². The van der Waals surface area contributed by atoms with Crippen molar-refractivity contribution in [2.24, 2.45) is 0 Å². The maximum atomic E-state index is 12.3. The molecule has 0 bridgehead atoms. The lowest BCUT2D eigenvalue weighted by Gasteiger charge is -2.07. The average Bonchev–Trinajstić information content (AvgIpc) is 2.83. The Kier molecular flexibility index (Phi) is 7.71. The van der Waals surface area contributed by atoms with Gasteiger partial charge in [0.2, 0.25) is 0 Å². The second-order valence-corrected chi connectivity index (χ2v) is 7.10. The number of nitrogens with one attached hydrogen (secondary N) is 2. The summed E-state index contributed by atoms with van der Waals surface area (Å²) in [5.74, 6) is -1.64. The Morgan fingerprint density at radius 2 is 1.52 bits per heavy atom. The van der Waals surface area contributed by atoms with Crippen LogP contribution in [0.1, 0.15) is 21.5 Å². The fraction of sp³-hybridized carbons (Fsp3) is 0.0769. The molecule has 7 nitrogen and oxygen atoms in total. The highest BCUT2D eigenvalue weighted by Crippen LogP contribution is 2.13. The number of rotatable bonds is 7. The number of benzene rings is 3. The summed E-state index contributed by atoms with van der Waals surface area (Å²) >= 11 is 0. The normalized spacial score (nSPS) is 10.6. The van der Waals surface area contributed by atoms with Gasteiger partial charge in [0.1, 0.15) is 11.6 Å². The molecular formula is C26H21N3O4. The van der Waals surface area contributed by atoms with Gasteiger partial charge in [-0.05, 0) is 55.0 Å². The lowest BCUT2D eigenvalue weighted by molar-refractivity contribution is -0.119. The predicted molar refractivity (Wildman–Crippen MR) is 125 cm³/mol. The Balaban J connectivity index is 1.56. The van der Waals surface area contributed by atoms with Gasteiger partial charge in [0, 0.05) is 11.4 Å². The van der Waals surface area contributed by atoms with Crippen molar-refractivity contribution < 1.29 is 19.1 Å². The van der Waals surface area contributed by atoms with Crippen LogP contribution in [0.4, 0.5) is 11.4 Å². The minimum atomic E-state index is -0.660. The minimum absolute atomic E-state index is 0.0815. The molecule has 0 aliphatic heterocycles. The van der Waals surface area contributed by atoms with Crippen LogP contribution >= 0.6 is 0 Å². The number of para-hydroxylation sites is 1. The number of aryl methyl sites for hydroxylation is 1. The van der Waals surface area contributed by atoms with E-state index >= 15 is 0 Å². The van der Waals surface area contributed by atoms with E-state index in [9.17, 15) is 19.6 Å². The number of hydrogen-bond donors (Lipinski definition) is 2. The molecule has 7 heteroatoms. The molecule has 0 atom stereocenters. The molecule has 0 saturated heterocycles. The molecule has 33 heavy (non-hydrogen) atoms. The molecule has 0 radical (unpaired) electrons. The molecule has 0 aliphatic rings. The number of hydrogen-bond acceptors (Lipinski definition) is 5. The molecule has 164 valence electrons. The molecule has 0 spiro atoms. The monoisotopic (exact) mass is 439 g/mol. The van der Waals surface area contributed by atoms with Gasteiger partial charge >= 0.3 is 5.97 Å². The highest BCUT2D eigenvalue weighted by atomic mass is 16.5. The van der Waals surface area contributed by atoms with Gasteiger partial charge in [-0.25, -0.2) is 4.79 Å². The maximum Gasteiger partial charge on any atom is 0.338 e. The number of nitrogens with zero attached hydrogens (tertiary/aromatic N) is 1. The first kappa shape index (κ1) is 23.0. The van der Waals surface area contributed by atoms with Crippen molar-refractivity contribution in [1.82, 2.24) is 0 Å². The molecule has 3 rings (SSSR count). The van der Waals surface area contributed by atoms with Gasteiger partial charge in [0.05, 0.1) is 5.56 Å². The summed E-state index contributed by atoms with van der Waals surface area (Å²) in [6, 6.07) is 24.1. The Morgan fingerprint density at radius 3 is 2.15 bits per heavy atom. The van der Waals surface area contributed by atoms with Crippen LogP contribution in [0.25, 0.3) is 6.08 Å². The summed E-state index contributed by atoms with van der Waals surface area (Å²) in [4.78, 5) is 36.5. The lowest BCUT2D eigenvalue weighted by Crippen LogP contribution is -2.20. The molecule has 0 aromatic heterocycles. The molecule has 0 fully saturated rings. The fourth-order valence-corrected chi connectivity index (χ4v) is 2.80. The van der Waals surface area contributed by atoms with Crippen LogP contribution in [0.15, 0.2) is 84.4 Å². The van der Waals surface area contributed by atoms with Gasteiger partial charge in [-0.15, -0.1) is 0 Å². The second kappa shape index (κ2) is 11.1. The Labute approximate surface area is 191 Å². The largest absolute Gasteiger partial charge is 0.452 e. The second-order valence-electron chi connectivity index (χ2n) is 7.10. The zero-order valence-corrected chi connectivity index (χ0v) is 17.9. The Morgan fingerprint density at radius 1 is 0.879 bits per heavy atom. The molecule has 0 aliphatic carbocycles. The van der Waals surface area contributed by atoms with Crippen LogP contribution in [0.3, 0.4) is 0 Å². The van der Waals surface area contributed by atoms with E-state index in [1.54, 1.807) is 48.5 Å². The van der Waals surface area contributed by atoms with E-state index in [1.165, 1.54) is 18.2 Å². The number of ether oxygens (including phenoxy) is 1. The van der Waals surface area contributed by atoms with Crippen molar-refractivity contribution in [2.75, 3.05) is 17.2 Å². The number of carbonyl (C=O) groups excluding carboxylic acids is 3. The first-order valence-corrected chi connectivity index (χ1v) is 10.1. The van der Waals surface area contributed by atoms with E-state index in [1.807, 2.05) is 31.2 Å². The highest BCUT2D eigenvalue weighted by molar-refractivity contribution is 6.09. The zero-order chi connectivity index (χ0) is 23.6. The Bertz CT molecular complexity index is 1210. The standard InChI is InChI=1S/C26H21N3O4/c1-18-7-13-23(14-8-18)28-24(30)17-33-26(32)20-11-9-19(10-12-20)15-21(16-27)25(31)29-22-5-3-2-4-6-22/h2-15H,17H2,1H3,(H,28,30)(H,29,31)/b21-15-. The third-order valence-corrected chi connectivity index (χ3v) is 4.52. The van der Waals surface area contributed by atoms with E-state index in [0.717, 1.165) is 5.56 Å². The van der Waals surface area contributed by atoms with E-state index < -0.39 is 24.4 Å². The first-order valence-electron chi connectivity index (χ1n) is 10.1. The topological polar surface area (TPSA) is 108 Å². The van der Waals surface area contributed by atoms with Crippen LogP contribution in [0.2, 0.25) is 0 Å². The molecule has 2 N–H and O–H groups in total. The van der Waals surface area contributed by atoms with Crippen molar-refractivity contribution in [3.05, 3.63) is 101 Å². The summed E-state index contributed by atoms with van der Waals surface area (Å²) in [6.45, 7) is 1.52. The maximum absolute atomic E-state index is 12.3. The summed E-state index contributed by atoms with van der Waals surface area (Å²) in [5.41, 5.74) is 2.97. The molecule has 0 saturated carbocycles. The number of nitriles is 1. The molecular weight excluding hydrogens is 418 g/mol. The third-order valence-electron chi connectivity index (χ3n) is 4.52. The van der Waals surface area contributed by atoms with Crippen molar-refractivity contribution in [1.29, 1.82) is 5.26 Å². The molecule has 3 aromatic carbocycles. The first-order chi connectivity index (χ1) is 15.9. The van der Waals surface area contributed by atoms with E-state index in [4.69, 9.17) is 4.74 Å². The van der Waals surface area contributed by atoms with Crippen molar-refractivity contribution in [3.8, 4) is 6.07 Å². The van der Waals surface area contributed by atoms with Gasteiger partial charge in [0.25, 0.3) is 11.8 Å². The van der Waals surface area contributed by atoms with Crippen LogP contribution in [0, 0.1) is 18.3 Å². The third kappa shape index (κ3) is 6.91. The highest BCUT2D eigenvalue weighted by Gasteiger charge is 2.12. The van der Waals surface area contributed by atoms with E-state index in [-0.39, 0.29) is 11.1 Å². The summed E-state index contributed by atoms with van der Waals surface area (Å²) in [5, 5.41) is 14.6. The number of esters is 1. The van der Waals surface area contributed by atoms with Crippen LogP contribution < -0.4 is 10.6 Å². The van der Waals surface area contributed by atoms with Crippen molar-refractivity contribution in [3.63, 3.8) is 0 Å². The number of amides is 2. The summed E-state index contributed by atoms with van der Waals surface area (Å²) < 4.78 is 5.05. The van der Waals surface area contributed by atoms with E-state index in [2.05, 4.69) is 10.6 Å². The fourth-order valence-electron chi connectivity index (χ4n) is 2.80. The lowest BCUT2D eigenvalue weighted by atomic mass is 10.1. The molecule has 0 heterocycles. The number of anilines is 2. The van der Waals surface area contributed by atoms with Gasteiger partial charge in [0.15, 0.2) is 6.61 Å².